The van der Waals surface area contributed by atoms with Gasteiger partial charge in [0.1, 0.15) is 0 Å². The Morgan fingerprint density at radius 2 is 1.80 bits per heavy atom. The quantitative estimate of drug-likeness (QED) is 0.592. The second-order valence-corrected chi connectivity index (χ2v) is 8.03. The molecular formula is C24H31N5O. The third kappa shape index (κ3) is 4.93. The summed E-state index contributed by atoms with van der Waals surface area (Å²) in [4.78, 5) is 21.4. The summed E-state index contributed by atoms with van der Waals surface area (Å²) in [7, 11) is 1.83. The monoisotopic (exact) mass is 405 g/mol. The largest absolute Gasteiger partial charge is 0.368 e. The molecule has 0 atom stereocenters. The summed E-state index contributed by atoms with van der Waals surface area (Å²) in [6.45, 7) is 4.51. The second-order valence-electron chi connectivity index (χ2n) is 8.03. The van der Waals surface area contributed by atoms with Gasteiger partial charge in [-0.2, -0.15) is 0 Å². The van der Waals surface area contributed by atoms with Crippen molar-refractivity contribution in [1.29, 1.82) is 0 Å². The van der Waals surface area contributed by atoms with Gasteiger partial charge in [0.25, 0.3) is 0 Å². The molecule has 0 bridgehead atoms. The summed E-state index contributed by atoms with van der Waals surface area (Å²) in [5.74, 6) is 1.27. The zero-order valence-electron chi connectivity index (χ0n) is 17.7. The number of benzene rings is 2. The molecule has 2 aliphatic rings. The zero-order chi connectivity index (χ0) is 20.8. The fourth-order valence-electron chi connectivity index (χ4n) is 4.00. The van der Waals surface area contributed by atoms with Crippen molar-refractivity contribution in [2.75, 3.05) is 43.4 Å². The molecule has 4 rings (SSSR count). The molecule has 0 unspecified atom stereocenters. The van der Waals surface area contributed by atoms with Crippen molar-refractivity contribution >= 4 is 23.2 Å². The Labute approximate surface area is 179 Å². The van der Waals surface area contributed by atoms with Crippen LogP contribution in [0.15, 0.2) is 59.6 Å². The maximum absolute atomic E-state index is 12.2. The fourth-order valence-corrected chi connectivity index (χ4v) is 4.00. The number of amides is 1. The first-order valence-electron chi connectivity index (χ1n) is 10.9. The lowest BCUT2D eigenvalue weighted by molar-refractivity contribution is -0.122. The summed E-state index contributed by atoms with van der Waals surface area (Å²) in [6, 6.07) is 18.6. The third-order valence-electron chi connectivity index (χ3n) is 6.03. The van der Waals surface area contributed by atoms with Gasteiger partial charge in [0, 0.05) is 57.1 Å². The average molecular weight is 406 g/mol. The number of nitrogens with one attached hydrogen (secondary N) is 2. The first kappa shape index (κ1) is 20.3. The van der Waals surface area contributed by atoms with Crippen LogP contribution in [0.5, 0.6) is 0 Å². The van der Waals surface area contributed by atoms with Crippen LogP contribution in [0.1, 0.15) is 24.8 Å². The van der Waals surface area contributed by atoms with Gasteiger partial charge in [-0.3, -0.25) is 9.79 Å². The van der Waals surface area contributed by atoms with Gasteiger partial charge >= 0.3 is 0 Å². The van der Waals surface area contributed by atoms with E-state index in [1.54, 1.807) is 0 Å². The van der Waals surface area contributed by atoms with Crippen molar-refractivity contribution < 1.29 is 4.79 Å². The van der Waals surface area contributed by atoms with Gasteiger partial charge in [-0.25, -0.2) is 0 Å². The molecule has 2 fully saturated rings. The number of para-hydroxylation sites is 1. The van der Waals surface area contributed by atoms with Crippen LogP contribution in [0.2, 0.25) is 0 Å². The molecule has 2 aromatic carbocycles. The Hall–Kier alpha value is -3.02. The Morgan fingerprint density at radius 1 is 1.03 bits per heavy atom. The Kier molecular flexibility index (Phi) is 6.52. The molecule has 6 nitrogen and oxygen atoms in total. The van der Waals surface area contributed by atoms with Crippen molar-refractivity contribution in [2.24, 2.45) is 10.9 Å². The summed E-state index contributed by atoms with van der Waals surface area (Å²) >= 11 is 0. The van der Waals surface area contributed by atoms with Crippen molar-refractivity contribution in [3.05, 3.63) is 60.2 Å². The van der Waals surface area contributed by atoms with Crippen LogP contribution < -0.4 is 15.5 Å². The molecule has 1 aliphatic heterocycles. The molecule has 0 spiro atoms. The predicted molar refractivity (Wildman–Crippen MR) is 123 cm³/mol. The van der Waals surface area contributed by atoms with E-state index >= 15 is 0 Å². The number of nitrogens with zero attached hydrogens (tertiary/aromatic N) is 3. The van der Waals surface area contributed by atoms with E-state index in [4.69, 9.17) is 0 Å². The van der Waals surface area contributed by atoms with Crippen LogP contribution in [-0.4, -0.2) is 50.0 Å². The van der Waals surface area contributed by atoms with Crippen LogP contribution in [-0.2, 0) is 11.3 Å². The van der Waals surface area contributed by atoms with E-state index in [2.05, 4.69) is 61.8 Å². The maximum atomic E-state index is 12.2. The standard InChI is InChI=1S/C24H31N5O/c1-25-24(29-15-13-28(14-16-29)22-11-3-2-4-12-22)26-18-19-7-5-10-21(17-19)27-23(30)20-8-6-9-20/h2-5,7,10-12,17,20H,6,8-9,13-16,18H2,1H3,(H,25,26)(H,27,30). The molecule has 30 heavy (non-hydrogen) atoms. The lowest BCUT2D eigenvalue weighted by Crippen LogP contribution is -2.52. The highest BCUT2D eigenvalue weighted by molar-refractivity contribution is 5.93. The molecule has 2 N–H and O–H groups in total. The molecule has 1 aliphatic carbocycles. The van der Waals surface area contributed by atoms with E-state index in [1.807, 2.05) is 25.2 Å². The minimum absolute atomic E-state index is 0.151. The Morgan fingerprint density at radius 3 is 2.47 bits per heavy atom. The number of hydrogen-bond donors (Lipinski definition) is 2. The molecule has 0 aromatic heterocycles. The lowest BCUT2D eigenvalue weighted by Gasteiger charge is -2.37. The SMILES string of the molecule is CN=C(NCc1cccc(NC(=O)C2CCC2)c1)N1CCN(c2ccccc2)CC1. The molecule has 1 heterocycles. The first-order valence-corrected chi connectivity index (χ1v) is 10.9. The van der Waals surface area contributed by atoms with E-state index in [0.717, 1.165) is 56.2 Å². The van der Waals surface area contributed by atoms with Gasteiger partial charge < -0.3 is 20.4 Å². The van der Waals surface area contributed by atoms with E-state index in [9.17, 15) is 4.79 Å². The summed E-state index contributed by atoms with van der Waals surface area (Å²) in [5, 5.41) is 6.54. The average Bonchev–Trinajstić information content (AvgIpc) is 2.74. The van der Waals surface area contributed by atoms with Gasteiger partial charge in [0.05, 0.1) is 0 Å². The van der Waals surface area contributed by atoms with Gasteiger partial charge in [-0.1, -0.05) is 36.8 Å². The van der Waals surface area contributed by atoms with E-state index < -0.39 is 0 Å². The number of piperazine rings is 1. The predicted octanol–water partition coefficient (Wildman–Crippen LogP) is 3.32. The van der Waals surface area contributed by atoms with Gasteiger partial charge in [-0.15, -0.1) is 0 Å². The van der Waals surface area contributed by atoms with Crippen molar-refractivity contribution in [2.45, 2.75) is 25.8 Å². The van der Waals surface area contributed by atoms with Crippen LogP contribution in [0.4, 0.5) is 11.4 Å². The van der Waals surface area contributed by atoms with Crippen LogP contribution in [0.25, 0.3) is 0 Å². The molecule has 1 amide bonds. The number of hydrogen-bond acceptors (Lipinski definition) is 3. The number of carbonyl (C=O) groups is 1. The minimum Gasteiger partial charge on any atom is -0.368 e. The fraction of sp³-hybridized carbons (Fsp3) is 0.417. The van der Waals surface area contributed by atoms with Crippen molar-refractivity contribution in [3.63, 3.8) is 0 Å². The third-order valence-corrected chi connectivity index (χ3v) is 6.03. The summed E-state index contributed by atoms with van der Waals surface area (Å²) in [5.41, 5.74) is 3.28. The summed E-state index contributed by atoms with van der Waals surface area (Å²) < 4.78 is 0. The highest BCUT2D eigenvalue weighted by Crippen LogP contribution is 2.27. The van der Waals surface area contributed by atoms with Crippen LogP contribution in [0, 0.1) is 5.92 Å². The normalized spacial score (nSPS) is 17.4. The van der Waals surface area contributed by atoms with E-state index in [0.29, 0.717) is 6.54 Å². The number of guanidine groups is 1. The number of carbonyl (C=O) groups excluding carboxylic acids is 1. The van der Waals surface area contributed by atoms with E-state index in [-0.39, 0.29) is 11.8 Å². The number of rotatable bonds is 5. The van der Waals surface area contributed by atoms with E-state index in [1.165, 1.54) is 12.1 Å². The maximum Gasteiger partial charge on any atom is 0.227 e. The topological polar surface area (TPSA) is 60.0 Å². The zero-order valence-corrected chi connectivity index (χ0v) is 17.7. The first-order chi connectivity index (χ1) is 14.7. The van der Waals surface area contributed by atoms with Crippen molar-refractivity contribution in [1.82, 2.24) is 10.2 Å². The molecule has 158 valence electrons. The molecule has 0 radical (unpaired) electrons. The van der Waals surface area contributed by atoms with Crippen LogP contribution in [0.3, 0.4) is 0 Å². The Balaban J connectivity index is 1.28. The molecule has 1 saturated carbocycles. The molecular weight excluding hydrogens is 374 g/mol. The molecule has 2 aromatic rings. The van der Waals surface area contributed by atoms with Gasteiger partial charge in [0.2, 0.25) is 5.91 Å². The van der Waals surface area contributed by atoms with Gasteiger partial charge in [-0.05, 0) is 42.7 Å². The Bertz CT molecular complexity index is 870. The smallest absolute Gasteiger partial charge is 0.227 e. The number of anilines is 2. The van der Waals surface area contributed by atoms with Gasteiger partial charge in [0.15, 0.2) is 5.96 Å². The van der Waals surface area contributed by atoms with Crippen molar-refractivity contribution in [3.8, 4) is 0 Å². The highest BCUT2D eigenvalue weighted by Gasteiger charge is 2.25. The highest BCUT2D eigenvalue weighted by atomic mass is 16.1. The minimum atomic E-state index is 0.151. The second kappa shape index (κ2) is 9.65. The lowest BCUT2D eigenvalue weighted by atomic mass is 9.85. The number of aliphatic imine (C=N–C) groups is 1. The molecule has 6 heteroatoms. The molecule has 1 saturated heterocycles. The van der Waals surface area contributed by atoms with Crippen LogP contribution >= 0.6 is 0 Å². The summed E-state index contributed by atoms with van der Waals surface area (Å²) in [6.07, 6.45) is 3.20.